The van der Waals surface area contributed by atoms with Crippen LogP contribution >= 0.6 is 0 Å². The molecule has 6 heteroatoms. The summed E-state index contributed by atoms with van der Waals surface area (Å²) >= 11 is 0. The van der Waals surface area contributed by atoms with E-state index >= 15 is 0 Å². The van der Waals surface area contributed by atoms with Crippen LogP contribution in [0.15, 0.2) is 24.4 Å². The highest BCUT2D eigenvalue weighted by atomic mass is 16.2. The Hall–Kier alpha value is -2.37. The highest BCUT2D eigenvalue weighted by molar-refractivity contribution is 5.94. The largest absolute Gasteiger partial charge is 0.356 e. The number of pyridine rings is 1. The number of nitrogens with one attached hydrogen (secondary N) is 2. The van der Waals surface area contributed by atoms with Gasteiger partial charge in [-0.15, -0.1) is 0 Å². The lowest BCUT2D eigenvalue weighted by Crippen LogP contribution is -2.26. The number of carbonyl (C=O) groups is 2. The Morgan fingerprint density at radius 3 is 2.69 bits per heavy atom. The van der Waals surface area contributed by atoms with Crippen molar-refractivity contribution in [2.45, 2.75) is 52.9 Å². The normalized spacial score (nSPS) is 11.1. The van der Waals surface area contributed by atoms with Crippen LogP contribution in [0.5, 0.6) is 0 Å². The number of unbranched alkanes of at least 4 members (excludes halogenated alkanes) is 2. The summed E-state index contributed by atoms with van der Waals surface area (Å²) in [4.78, 5) is 28.5. The van der Waals surface area contributed by atoms with Gasteiger partial charge in [-0.3, -0.25) is 14.0 Å². The summed E-state index contributed by atoms with van der Waals surface area (Å²) in [6.45, 7) is 7.50. The van der Waals surface area contributed by atoms with Crippen LogP contribution in [0.25, 0.3) is 5.65 Å². The predicted octanol–water partition coefficient (Wildman–Crippen LogP) is 3.10. The second-order valence-electron chi connectivity index (χ2n) is 7.07. The van der Waals surface area contributed by atoms with Crippen LogP contribution in [0.3, 0.4) is 0 Å². The number of imidazole rings is 1. The molecule has 0 aliphatic carbocycles. The first-order valence-corrected chi connectivity index (χ1v) is 9.47. The van der Waals surface area contributed by atoms with Crippen molar-refractivity contribution in [1.82, 2.24) is 20.0 Å². The first-order valence-electron chi connectivity index (χ1n) is 9.47. The first-order chi connectivity index (χ1) is 12.5. The van der Waals surface area contributed by atoms with Gasteiger partial charge in [-0.2, -0.15) is 0 Å². The van der Waals surface area contributed by atoms with E-state index in [0.717, 1.165) is 43.6 Å². The van der Waals surface area contributed by atoms with E-state index in [2.05, 4.69) is 29.5 Å². The summed E-state index contributed by atoms with van der Waals surface area (Å²) in [5, 5.41) is 5.90. The maximum absolute atomic E-state index is 12.4. The fourth-order valence-electron chi connectivity index (χ4n) is 2.85. The Balaban J connectivity index is 1.65. The van der Waals surface area contributed by atoms with Crippen molar-refractivity contribution in [3.8, 4) is 0 Å². The highest BCUT2D eigenvalue weighted by Crippen LogP contribution is 2.11. The Bertz CT molecular complexity index is 736. The van der Waals surface area contributed by atoms with Crippen molar-refractivity contribution in [3.63, 3.8) is 0 Å². The van der Waals surface area contributed by atoms with Gasteiger partial charge in [-0.25, -0.2) is 4.98 Å². The summed E-state index contributed by atoms with van der Waals surface area (Å²) < 4.78 is 1.81. The quantitative estimate of drug-likeness (QED) is 0.641. The van der Waals surface area contributed by atoms with E-state index in [1.54, 1.807) is 0 Å². The Kier molecular flexibility index (Phi) is 7.63. The van der Waals surface area contributed by atoms with Crippen LogP contribution in [0.4, 0.5) is 0 Å². The average molecular weight is 358 g/mol. The molecule has 0 bridgehead atoms. The monoisotopic (exact) mass is 358 g/mol. The highest BCUT2D eigenvalue weighted by Gasteiger charge is 2.15. The topological polar surface area (TPSA) is 75.5 Å². The number of aromatic nitrogens is 2. The van der Waals surface area contributed by atoms with Crippen LogP contribution in [-0.4, -0.2) is 34.3 Å². The summed E-state index contributed by atoms with van der Waals surface area (Å²) in [6, 6.07) is 5.68. The van der Waals surface area contributed by atoms with Crippen molar-refractivity contribution < 1.29 is 9.59 Å². The SMILES string of the molecule is Cc1nc2ccccn2c1C(=O)NCCCCCC(=O)NCCC(C)C. The minimum Gasteiger partial charge on any atom is -0.356 e. The second-order valence-corrected chi connectivity index (χ2v) is 7.07. The van der Waals surface area contributed by atoms with Gasteiger partial charge in [0.15, 0.2) is 0 Å². The third kappa shape index (κ3) is 5.86. The number of amides is 2. The predicted molar refractivity (Wildman–Crippen MR) is 103 cm³/mol. The Morgan fingerprint density at radius 1 is 1.12 bits per heavy atom. The molecule has 0 saturated heterocycles. The maximum Gasteiger partial charge on any atom is 0.270 e. The molecule has 2 N–H and O–H groups in total. The van der Waals surface area contributed by atoms with E-state index in [0.29, 0.717) is 24.6 Å². The third-order valence-corrected chi connectivity index (χ3v) is 4.33. The molecule has 0 unspecified atom stereocenters. The molecule has 2 amide bonds. The number of fused-ring (bicyclic) bond motifs is 1. The molecule has 0 atom stereocenters. The number of hydrogen-bond acceptors (Lipinski definition) is 3. The van der Waals surface area contributed by atoms with Gasteiger partial charge in [0.25, 0.3) is 5.91 Å². The van der Waals surface area contributed by atoms with Crippen molar-refractivity contribution in [2.75, 3.05) is 13.1 Å². The molecular formula is C20H30N4O2. The smallest absolute Gasteiger partial charge is 0.270 e. The van der Waals surface area contributed by atoms with E-state index < -0.39 is 0 Å². The molecule has 0 aromatic carbocycles. The average Bonchev–Trinajstić information content (AvgIpc) is 2.93. The molecule has 142 valence electrons. The van der Waals surface area contributed by atoms with Crippen LogP contribution < -0.4 is 10.6 Å². The molecule has 2 aromatic heterocycles. The van der Waals surface area contributed by atoms with Gasteiger partial charge in [0, 0.05) is 25.7 Å². The molecule has 2 rings (SSSR count). The van der Waals surface area contributed by atoms with Gasteiger partial charge in [0.1, 0.15) is 11.3 Å². The van der Waals surface area contributed by atoms with Crippen LogP contribution in [0.2, 0.25) is 0 Å². The van der Waals surface area contributed by atoms with Crippen LogP contribution in [0.1, 0.15) is 62.1 Å². The number of carbonyl (C=O) groups excluding carboxylic acids is 2. The first kappa shape index (κ1) is 19.9. The molecule has 0 saturated carbocycles. The molecule has 2 heterocycles. The van der Waals surface area contributed by atoms with Crippen molar-refractivity contribution in [2.24, 2.45) is 5.92 Å². The zero-order chi connectivity index (χ0) is 18.9. The molecule has 26 heavy (non-hydrogen) atoms. The zero-order valence-corrected chi connectivity index (χ0v) is 16.0. The molecule has 2 aromatic rings. The van der Waals surface area contributed by atoms with Gasteiger partial charge < -0.3 is 10.6 Å². The van der Waals surface area contributed by atoms with Gasteiger partial charge in [0.05, 0.1) is 5.69 Å². The summed E-state index contributed by atoms with van der Waals surface area (Å²) in [7, 11) is 0. The molecule has 0 aliphatic rings. The fraction of sp³-hybridized carbons (Fsp3) is 0.550. The maximum atomic E-state index is 12.4. The minimum absolute atomic E-state index is 0.104. The zero-order valence-electron chi connectivity index (χ0n) is 16.0. The summed E-state index contributed by atoms with van der Waals surface area (Å²) in [5.74, 6) is 0.624. The van der Waals surface area contributed by atoms with Crippen molar-refractivity contribution in [3.05, 3.63) is 35.8 Å². The lowest BCUT2D eigenvalue weighted by Gasteiger charge is -2.08. The van der Waals surface area contributed by atoms with Gasteiger partial charge in [-0.1, -0.05) is 26.3 Å². The Morgan fingerprint density at radius 2 is 1.92 bits per heavy atom. The second kappa shape index (κ2) is 9.94. The van der Waals surface area contributed by atoms with Crippen LogP contribution in [0, 0.1) is 12.8 Å². The summed E-state index contributed by atoms with van der Waals surface area (Å²) in [5.41, 5.74) is 2.09. The lowest BCUT2D eigenvalue weighted by atomic mass is 10.1. The molecule has 0 fully saturated rings. The van der Waals surface area contributed by atoms with E-state index in [1.807, 2.05) is 35.7 Å². The summed E-state index contributed by atoms with van der Waals surface area (Å²) in [6.07, 6.45) is 6.05. The number of rotatable bonds is 10. The van der Waals surface area contributed by atoms with Crippen molar-refractivity contribution in [1.29, 1.82) is 0 Å². The number of nitrogens with zero attached hydrogens (tertiary/aromatic N) is 2. The van der Waals surface area contributed by atoms with Crippen LogP contribution in [-0.2, 0) is 4.79 Å². The van der Waals surface area contributed by atoms with Gasteiger partial charge in [0.2, 0.25) is 5.91 Å². The van der Waals surface area contributed by atoms with Crippen molar-refractivity contribution >= 4 is 17.5 Å². The Labute approximate surface area is 155 Å². The molecule has 6 nitrogen and oxygen atoms in total. The van der Waals surface area contributed by atoms with Gasteiger partial charge in [-0.05, 0) is 44.2 Å². The van der Waals surface area contributed by atoms with Gasteiger partial charge >= 0.3 is 0 Å². The molecule has 0 spiro atoms. The van der Waals surface area contributed by atoms with E-state index in [9.17, 15) is 9.59 Å². The van der Waals surface area contributed by atoms with E-state index in [1.165, 1.54) is 0 Å². The fourth-order valence-corrected chi connectivity index (χ4v) is 2.85. The standard InChI is InChI=1S/C20H30N4O2/c1-15(2)11-13-21-18(25)10-5-4-7-12-22-20(26)19-16(3)23-17-9-6-8-14-24(17)19/h6,8-9,14-15H,4-5,7,10-13H2,1-3H3,(H,21,25)(H,22,26). The minimum atomic E-state index is -0.104. The molecule has 0 aliphatic heterocycles. The molecular weight excluding hydrogens is 328 g/mol. The number of aryl methyl sites for hydroxylation is 1. The molecule has 0 radical (unpaired) electrons. The van der Waals surface area contributed by atoms with E-state index in [-0.39, 0.29) is 11.8 Å². The number of hydrogen-bond donors (Lipinski definition) is 2. The van der Waals surface area contributed by atoms with E-state index in [4.69, 9.17) is 0 Å². The lowest BCUT2D eigenvalue weighted by molar-refractivity contribution is -0.121. The third-order valence-electron chi connectivity index (χ3n) is 4.33.